The van der Waals surface area contributed by atoms with Gasteiger partial charge in [0, 0.05) is 18.8 Å². The number of rotatable bonds is 5. The Morgan fingerprint density at radius 2 is 2.03 bits per heavy atom. The normalized spacial score (nSPS) is 10.6. The number of nitriles is 1. The van der Waals surface area contributed by atoms with E-state index in [0.717, 1.165) is 6.20 Å². The van der Waals surface area contributed by atoms with Gasteiger partial charge in [-0.1, -0.05) is 12.1 Å². The molecule has 2 heterocycles. The predicted molar refractivity (Wildman–Crippen MR) is 102 cm³/mol. The van der Waals surface area contributed by atoms with Gasteiger partial charge in [-0.2, -0.15) is 10.4 Å². The highest BCUT2D eigenvalue weighted by atomic mass is 19.1. The molecule has 0 saturated heterocycles. The molecule has 3 aromatic rings. The van der Waals surface area contributed by atoms with Crippen molar-refractivity contribution < 1.29 is 9.18 Å². The molecule has 0 fully saturated rings. The first kappa shape index (κ1) is 19.8. The van der Waals surface area contributed by atoms with E-state index in [1.54, 1.807) is 26.0 Å². The summed E-state index contributed by atoms with van der Waals surface area (Å²) in [5.74, 6) is -1.05. The molecule has 0 aliphatic carbocycles. The molecule has 0 radical (unpaired) electrons. The number of nitrogens with zero attached hydrogens (tertiary/aromatic N) is 5. The molecule has 29 heavy (non-hydrogen) atoms. The molecule has 1 aromatic carbocycles. The van der Waals surface area contributed by atoms with Crippen LogP contribution in [0.4, 0.5) is 10.2 Å². The second-order valence-electron chi connectivity index (χ2n) is 6.20. The van der Waals surface area contributed by atoms with Crippen LogP contribution < -0.4 is 16.6 Å². The van der Waals surface area contributed by atoms with E-state index in [4.69, 9.17) is 5.26 Å². The van der Waals surface area contributed by atoms with Crippen molar-refractivity contribution in [1.82, 2.24) is 18.9 Å². The van der Waals surface area contributed by atoms with Crippen LogP contribution in [-0.4, -0.2) is 24.8 Å². The topological polar surface area (TPSA) is 115 Å². The van der Waals surface area contributed by atoms with Crippen molar-refractivity contribution in [3.05, 3.63) is 74.4 Å². The lowest BCUT2D eigenvalue weighted by Gasteiger charge is -2.11. The molecular formula is C19H17FN6O3. The lowest BCUT2D eigenvalue weighted by Crippen LogP contribution is -2.43. The molecule has 3 rings (SSSR count). The Morgan fingerprint density at radius 3 is 2.69 bits per heavy atom. The van der Waals surface area contributed by atoms with Crippen molar-refractivity contribution in [1.29, 1.82) is 5.26 Å². The second-order valence-corrected chi connectivity index (χ2v) is 6.20. The summed E-state index contributed by atoms with van der Waals surface area (Å²) in [6, 6.07) is 9.17. The van der Waals surface area contributed by atoms with Crippen molar-refractivity contribution in [3.63, 3.8) is 0 Å². The molecule has 0 atom stereocenters. The summed E-state index contributed by atoms with van der Waals surface area (Å²) in [7, 11) is 0. The van der Waals surface area contributed by atoms with Gasteiger partial charge in [-0.25, -0.2) is 18.4 Å². The van der Waals surface area contributed by atoms with Crippen LogP contribution in [0.1, 0.15) is 18.2 Å². The average Bonchev–Trinajstić information content (AvgIpc) is 3.05. The van der Waals surface area contributed by atoms with Gasteiger partial charge in [-0.15, -0.1) is 0 Å². The molecule has 0 saturated carbocycles. The Hall–Kier alpha value is -4.00. The number of amides is 1. The van der Waals surface area contributed by atoms with E-state index in [9.17, 15) is 18.8 Å². The largest absolute Gasteiger partial charge is 0.331 e. The summed E-state index contributed by atoms with van der Waals surface area (Å²) >= 11 is 0. The lowest BCUT2D eigenvalue weighted by atomic mass is 10.3. The fraction of sp³-hybridized carbons (Fsp3) is 0.211. The highest BCUT2D eigenvalue weighted by Gasteiger charge is 2.17. The summed E-state index contributed by atoms with van der Waals surface area (Å²) in [6.07, 6.45) is 1.16. The Labute approximate surface area is 164 Å². The van der Waals surface area contributed by atoms with E-state index < -0.39 is 29.5 Å². The molecule has 148 valence electrons. The average molecular weight is 396 g/mol. The van der Waals surface area contributed by atoms with Crippen molar-refractivity contribution >= 4 is 11.7 Å². The number of hydrogen-bond acceptors (Lipinski definition) is 5. The molecule has 10 heteroatoms. The molecule has 0 aliphatic rings. The van der Waals surface area contributed by atoms with E-state index in [1.165, 1.54) is 33.5 Å². The number of anilines is 1. The van der Waals surface area contributed by atoms with Crippen LogP contribution in [-0.2, 0) is 17.9 Å². The fourth-order valence-electron chi connectivity index (χ4n) is 2.82. The van der Waals surface area contributed by atoms with E-state index in [-0.39, 0.29) is 23.6 Å². The highest BCUT2D eigenvalue weighted by Crippen LogP contribution is 2.19. The van der Waals surface area contributed by atoms with Crippen LogP contribution in [0, 0.1) is 24.1 Å². The predicted octanol–water partition coefficient (Wildman–Crippen LogP) is 1.17. The zero-order valence-electron chi connectivity index (χ0n) is 15.7. The molecule has 0 aliphatic heterocycles. The number of benzene rings is 1. The third-order valence-corrected chi connectivity index (χ3v) is 4.18. The number of aromatic nitrogens is 4. The second kappa shape index (κ2) is 7.93. The van der Waals surface area contributed by atoms with Crippen LogP contribution in [0.3, 0.4) is 0 Å². The van der Waals surface area contributed by atoms with Crippen LogP contribution in [0.5, 0.6) is 0 Å². The minimum atomic E-state index is -0.851. The summed E-state index contributed by atoms with van der Waals surface area (Å²) in [5, 5.41) is 15.8. The zero-order chi connectivity index (χ0) is 21.1. The van der Waals surface area contributed by atoms with Gasteiger partial charge >= 0.3 is 5.69 Å². The summed E-state index contributed by atoms with van der Waals surface area (Å²) in [4.78, 5) is 37.2. The van der Waals surface area contributed by atoms with Crippen LogP contribution in [0.15, 0.2) is 46.1 Å². The quantitative estimate of drug-likeness (QED) is 0.695. The van der Waals surface area contributed by atoms with Crippen molar-refractivity contribution in [2.75, 3.05) is 5.32 Å². The molecule has 0 spiro atoms. The Morgan fingerprint density at radius 1 is 1.31 bits per heavy atom. The number of nitrogens with one attached hydrogen (secondary N) is 1. The summed E-state index contributed by atoms with van der Waals surface area (Å²) in [6.45, 7) is 2.98. The first-order valence-corrected chi connectivity index (χ1v) is 8.71. The first-order valence-electron chi connectivity index (χ1n) is 8.71. The number of aryl methyl sites for hydroxylation is 2. The number of para-hydroxylation sites is 1. The number of carbonyl (C=O) groups is 1. The molecular weight excluding hydrogens is 379 g/mol. The third-order valence-electron chi connectivity index (χ3n) is 4.18. The Balaban J connectivity index is 1.95. The number of hydrogen-bond donors (Lipinski definition) is 1. The van der Waals surface area contributed by atoms with E-state index in [0.29, 0.717) is 10.3 Å². The maximum absolute atomic E-state index is 14.1. The van der Waals surface area contributed by atoms with Crippen LogP contribution in [0.25, 0.3) is 5.69 Å². The van der Waals surface area contributed by atoms with Crippen LogP contribution in [0.2, 0.25) is 0 Å². The molecule has 9 nitrogen and oxygen atoms in total. The van der Waals surface area contributed by atoms with E-state index in [1.807, 2.05) is 0 Å². The van der Waals surface area contributed by atoms with Gasteiger partial charge in [0.05, 0.1) is 5.69 Å². The minimum absolute atomic E-state index is 0.132. The Bertz CT molecular complexity index is 1250. The molecule has 1 amide bonds. The third kappa shape index (κ3) is 3.84. The zero-order valence-corrected chi connectivity index (χ0v) is 15.7. The SMILES string of the molecule is CCn1cc(C#N)c(=O)n(CC(=O)Nc2cc(C)nn2-c2ccccc2F)c1=O. The van der Waals surface area contributed by atoms with Gasteiger partial charge in [0.2, 0.25) is 5.91 Å². The van der Waals surface area contributed by atoms with Gasteiger partial charge in [-0.3, -0.25) is 14.2 Å². The van der Waals surface area contributed by atoms with Gasteiger partial charge in [0.25, 0.3) is 5.56 Å². The van der Waals surface area contributed by atoms with Crippen molar-refractivity contribution in [3.8, 4) is 11.8 Å². The standard InChI is InChI=1S/C19H17FN6O3/c1-3-24-10-13(9-21)18(28)25(19(24)29)11-17(27)22-16-8-12(2)23-26(16)15-7-5-4-6-14(15)20/h4-8,10H,3,11H2,1-2H3,(H,22,27). The lowest BCUT2D eigenvalue weighted by molar-refractivity contribution is -0.116. The number of halogens is 1. The van der Waals surface area contributed by atoms with Gasteiger partial charge < -0.3 is 5.32 Å². The van der Waals surface area contributed by atoms with Gasteiger partial charge in [0.15, 0.2) is 0 Å². The van der Waals surface area contributed by atoms with Gasteiger partial charge in [-0.05, 0) is 26.0 Å². The first-order chi connectivity index (χ1) is 13.8. The Kier molecular flexibility index (Phi) is 5.40. The van der Waals surface area contributed by atoms with Crippen molar-refractivity contribution in [2.45, 2.75) is 26.9 Å². The highest BCUT2D eigenvalue weighted by molar-refractivity contribution is 5.90. The molecule has 2 aromatic heterocycles. The van der Waals surface area contributed by atoms with Gasteiger partial charge in [0.1, 0.15) is 35.5 Å². The summed E-state index contributed by atoms with van der Waals surface area (Å²) in [5.41, 5.74) is -1.14. The summed E-state index contributed by atoms with van der Waals surface area (Å²) < 4.78 is 17.2. The number of carbonyl (C=O) groups excluding carboxylic acids is 1. The molecule has 0 bridgehead atoms. The van der Waals surface area contributed by atoms with E-state index >= 15 is 0 Å². The maximum atomic E-state index is 14.1. The monoisotopic (exact) mass is 396 g/mol. The van der Waals surface area contributed by atoms with Crippen LogP contribution >= 0.6 is 0 Å². The molecule has 1 N–H and O–H groups in total. The fourth-order valence-corrected chi connectivity index (χ4v) is 2.82. The van der Waals surface area contributed by atoms with Crippen molar-refractivity contribution in [2.24, 2.45) is 0 Å². The molecule has 0 unspecified atom stereocenters. The maximum Gasteiger partial charge on any atom is 0.331 e. The minimum Gasteiger partial charge on any atom is -0.309 e. The smallest absolute Gasteiger partial charge is 0.309 e. The van der Waals surface area contributed by atoms with E-state index in [2.05, 4.69) is 10.4 Å².